The second-order valence-corrected chi connectivity index (χ2v) is 7.74. The van der Waals surface area contributed by atoms with Gasteiger partial charge in [-0.25, -0.2) is 9.59 Å². The number of benzene rings is 2. The summed E-state index contributed by atoms with van der Waals surface area (Å²) in [5, 5.41) is 20.5. The number of hydrogen-bond acceptors (Lipinski definition) is 8. The number of hydrogen-bond donors (Lipinski definition) is 2. The smallest absolute Gasteiger partial charge is 0.333 e. The minimum Gasteiger partial charge on any atom is -0.489 e. The van der Waals surface area contributed by atoms with Crippen molar-refractivity contribution in [3.05, 3.63) is 59.7 Å². The van der Waals surface area contributed by atoms with Gasteiger partial charge in [0.2, 0.25) is 0 Å². The molecule has 0 aliphatic heterocycles. The maximum atomic E-state index is 11.7. The van der Waals surface area contributed by atoms with Gasteiger partial charge in [-0.2, -0.15) is 0 Å². The lowest BCUT2D eigenvalue weighted by Crippen LogP contribution is -2.29. The molecule has 0 heterocycles. The first-order chi connectivity index (χ1) is 15.7. The van der Waals surface area contributed by atoms with Crippen LogP contribution in [0, 0.1) is 0 Å². The van der Waals surface area contributed by atoms with Gasteiger partial charge in [0.15, 0.2) is 12.2 Å². The lowest BCUT2D eigenvalue weighted by atomic mass is 10.1. The van der Waals surface area contributed by atoms with E-state index < -0.39 is 37.4 Å². The number of halogens is 1. The summed E-state index contributed by atoms with van der Waals surface area (Å²) in [6, 6.07) is 8.66. The Hall–Kier alpha value is -3.07. The number of fused-ring (bicyclic) bond motifs is 1. The minimum absolute atomic E-state index is 0.112. The van der Waals surface area contributed by atoms with Crippen LogP contribution < -0.4 is 9.47 Å². The van der Waals surface area contributed by atoms with Crippen LogP contribution in [-0.2, 0) is 19.1 Å². The standard InChI is InChI=1S/C24H27ClO8/c1-14(2)23(28)32-16(10-26)12-30-21-9-20(25)22(19-8-6-5-7-18(19)21)31-13-17(11-27)33-24(29)15(3)4/h5-9,16-17,26-27H,1,3,10-13H2,2,4H3. The molecule has 2 N–H and O–H groups in total. The summed E-state index contributed by atoms with van der Waals surface area (Å²) in [4.78, 5) is 23.4. The van der Waals surface area contributed by atoms with E-state index in [2.05, 4.69) is 13.2 Å². The van der Waals surface area contributed by atoms with Gasteiger partial charge < -0.3 is 29.2 Å². The van der Waals surface area contributed by atoms with Crippen molar-refractivity contribution in [2.24, 2.45) is 0 Å². The third-order valence-electron chi connectivity index (χ3n) is 4.40. The van der Waals surface area contributed by atoms with Crippen LogP contribution in [0.15, 0.2) is 54.6 Å². The van der Waals surface area contributed by atoms with Crippen molar-refractivity contribution < 1.29 is 38.7 Å². The molecule has 9 heteroatoms. The van der Waals surface area contributed by atoms with Gasteiger partial charge in [0, 0.05) is 28.0 Å². The minimum atomic E-state index is -0.909. The molecule has 8 nitrogen and oxygen atoms in total. The maximum absolute atomic E-state index is 11.7. The zero-order valence-electron chi connectivity index (χ0n) is 18.5. The number of carbonyl (C=O) groups excluding carboxylic acids is 2. The zero-order chi connectivity index (χ0) is 24.5. The molecule has 2 aromatic carbocycles. The van der Waals surface area contributed by atoms with E-state index in [1.54, 1.807) is 24.3 Å². The van der Waals surface area contributed by atoms with E-state index in [0.29, 0.717) is 22.3 Å². The molecular weight excluding hydrogens is 452 g/mol. The number of esters is 2. The van der Waals surface area contributed by atoms with Crippen molar-refractivity contribution >= 4 is 34.3 Å². The monoisotopic (exact) mass is 478 g/mol. The van der Waals surface area contributed by atoms with Crippen molar-refractivity contribution in [2.45, 2.75) is 26.1 Å². The molecule has 178 valence electrons. The van der Waals surface area contributed by atoms with Gasteiger partial charge in [-0.3, -0.25) is 0 Å². The van der Waals surface area contributed by atoms with Gasteiger partial charge in [-0.1, -0.05) is 49.0 Å². The average molecular weight is 479 g/mol. The fourth-order valence-corrected chi connectivity index (χ4v) is 2.92. The van der Waals surface area contributed by atoms with E-state index in [-0.39, 0.29) is 29.4 Å². The largest absolute Gasteiger partial charge is 0.489 e. The summed E-state index contributed by atoms with van der Waals surface area (Å²) >= 11 is 6.43. The Morgan fingerprint density at radius 3 is 1.88 bits per heavy atom. The van der Waals surface area contributed by atoms with Crippen LogP contribution in [0.2, 0.25) is 5.02 Å². The van der Waals surface area contributed by atoms with Crippen molar-refractivity contribution in [3.63, 3.8) is 0 Å². The molecule has 33 heavy (non-hydrogen) atoms. The van der Waals surface area contributed by atoms with Crippen LogP contribution in [0.3, 0.4) is 0 Å². The Bertz CT molecular complexity index is 1030. The first-order valence-electron chi connectivity index (χ1n) is 10.1. The Morgan fingerprint density at radius 1 is 0.909 bits per heavy atom. The van der Waals surface area contributed by atoms with Crippen molar-refractivity contribution in [2.75, 3.05) is 26.4 Å². The van der Waals surface area contributed by atoms with E-state index in [1.807, 2.05) is 0 Å². The molecule has 0 spiro atoms. The third-order valence-corrected chi connectivity index (χ3v) is 4.68. The summed E-state index contributed by atoms with van der Waals surface area (Å²) in [6.07, 6.45) is -1.80. The number of ether oxygens (including phenoxy) is 4. The summed E-state index contributed by atoms with van der Waals surface area (Å²) in [6.45, 7) is 8.90. The number of rotatable bonds is 12. The summed E-state index contributed by atoms with van der Waals surface area (Å²) in [5.74, 6) is -0.560. The molecule has 0 fully saturated rings. The molecule has 2 aromatic rings. The molecule has 0 bridgehead atoms. The molecule has 2 atom stereocenters. The van der Waals surface area contributed by atoms with Crippen LogP contribution in [-0.4, -0.2) is 60.8 Å². The van der Waals surface area contributed by atoms with E-state index in [0.717, 1.165) is 0 Å². The van der Waals surface area contributed by atoms with Gasteiger partial charge in [-0.15, -0.1) is 0 Å². The quantitative estimate of drug-likeness (QED) is 0.353. The normalized spacial score (nSPS) is 12.5. The Balaban J connectivity index is 2.21. The van der Waals surface area contributed by atoms with Gasteiger partial charge in [-0.05, 0) is 13.8 Å². The fourth-order valence-electron chi connectivity index (χ4n) is 2.66. The second-order valence-electron chi connectivity index (χ2n) is 7.33. The summed E-state index contributed by atoms with van der Waals surface area (Å²) in [5.41, 5.74) is 0.409. The Morgan fingerprint density at radius 2 is 1.39 bits per heavy atom. The second kappa shape index (κ2) is 12.2. The molecule has 0 saturated carbocycles. The molecular formula is C24H27ClO8. The molecule has 0 amide bonds. The molecule has 2 rings (SSSR count). The average Bonchev–Trinajstić information content (AvgIpc) is 2.79. The Labute approximate surface area is 197 Å². The topological polar surface area (TPSA) is 112 Å². The first-order valence-corrected chi connectivity index (χ1v) is 10.5. The summed E-state index contributed by atoms with van der Waals surface area (Å²) < 4.78 is 21.8. The highest BCUT2D eigenvalue weighted by molar-refractivity contribution is 6.33. The van der Waals surface area contributed by atoms with Crippen molar-refractivity contribution in [3.8, 4) is 11.5 Å². The van der Waals surface area contributed by atoms with E-state index in [1.165, 1.54) is 19.9 Å². The van der Waals surface area contributed by atoms with Crippen LogP contribution in [0.1, 0.15) is 13.8 Å². The zero-order valence-corrected chi connectivity index (χ0v) is 19.3. The molecule has 0 radical (unpaired) electrons. The lowest BCUT2D eigenvalue weighted by Gasteiger charge is -2.20. The number of aliphatic hydroxyl groups is 2. The Kier molecular flexibility index (Phi) is 9.72. The lowest BCUT2D eigenvalue weighted by molar-refractivity contribution is -0.148. The third kappa shape index (κ3) is 7.21. The van der Waals surface area contributed by atoms with Gasteiger partial charge in [0.1, 0.15) is 24.7 Å². The highest BCUT2D eigenvalue weighted by Gasteiger charge is 2.20. The molecule has 0 aliphatic rings. The molecule has 0 aromatic heterocycles. The molecule has 0 aliphatic carbocycles. The predicted octanol–water partition coefficient (Wildman–Crippen LogP) is 3.21. The van der Waals surface area contributed by atoms with Gasteiger partial charge in [0.05, 0.1) is 18.2 Å². The summed E-state index contributed by atoms with van der Waals surface area (Å²) in [7, 11) is 0. The number of aliphatic hydroxyl groups excluding tert-OH is 2. The predicted molar refractivity (Wildman–Crippen MR) is 124 cm³/mol. The first kappa shape index (κ1) is 26.2. The van der Waals surface area contributed by atoms with Crippen molar-refractivity contribution in [1.29, 1.82) is 0 Å². The highest BCUT2D eigenvalue weighted by atomic mass is 35.5. The van der Waals surface area contributed by atoms with Crippen LogP contribution >= 0.6 is 11.6 Å². The van der Waals surface area contributed by atoms with Crippen LogP contribution in [0.25, 0.3) is 10.8 Å². The molecule has 0 saturated heterocycles. The SMILES string of the molecule is C=C(C)C(=O)OC(CO)COc1cc(Cl)c(OCC(CO)OC(=O)C(=C)C)c2ccccc12. The van der Waals surface area contributed by atoms with Gasteiger partial charge >= 0.3 is 11.9 Å². The van der Waals surface area contributed by atoms with E-state index in [9.17, 15) is 19.8 Å². The van der Waals surface area contributed by atoms with Crippen molar-refractivity contribution in [1.82, 2.24) is 0 Å². The van der Waals surface area contributed by atoms with E-state index >= 15 is 0 Å². The van der Waals surface area contributed by atoms with Crippen LogP contribution in [0.4, 0.5) is 0 Å². The highest BCUT2D eigenvalue weighted by Crippen LogP contribution is 2.39. The number of carbonyl (C=O) groups is 2. The van der Waals surface area contributed by atoms with Crippen LogP contribution in [0.5, 0.6) is 11.5 Å². The maximum Gasteiger partial charge on any atom is 0.333 e. The fraction of sp³-hybridized carbons (Fsp3) is 0.333. The molecule has 2 unspecified atom stereocenters. The van der Waals surface area contributed by atoms with E-state index in [4.69, 9.17) is 30.5 Å². The van der Waals surface area contributed by atoms with Gasteiger partial charge in [0.25, 0.3) is 0 Å².